The fourth-order valence-corrected chi connectivity index (χ4v) is 9.78. The summed E-state index contributed by atoms with van der Waals surface area (Å²) in [6.07, 6.45) is 11.5. The average Bonchev–Trinajstić information content (AvgIpc) is 3.77. The van der Waals surface area contributed by atoms with Crippen LogP contribution in [0.1, 0.15) is 65.6 Å². The Morgan fingerprint density at radius 1 is 0.967 bits per heavy atom. The second-order valence-electron chi connectivity index (χ2n) is 16.6. The number of likely N-dealkylation sites (tertiary alicyclic amines) is 1. The Balaban J connectivity index is 0.883. The maximum Gasteiger partial charge on any atom is 0.319 e. The number of anilines is 1. The number of carbonyl (C=O) groups is 3. The molecule has 10 rings (SSSR count). The van der Waals surface area contributed by atoms with Crippen LogP contribution in [0.25, 0.3) is 32.9 Å². The Labute approximate surface area is 344 Å². The van der Waals surface area contributed by atoms with E-state index in [2.05, 4.69) is 36.3 Å². The summed E-state index contributed by atoms with van der Waals surface area (Å²) in [6, 6.07) is 11.1. The van der Waals surface area contributed by atoms with Crippen molar-refractivity contribution in [1.82, 2.24) is 35.4 Å². The van der Waals surface area contributed by atoms with Crippen molar-refractivity contribution in [3.05, 3.63) is 82.5 Å². The normalized spacial score (nSPS) is 22.1. The lowest BCUT2D eigenvalue weighted by Gasteiger charge is -2.34. The van der Waals surface area contributed by atoms with Crippen LogP contribution in [0.15, 0.2) is 48.7 Å². The van der Waals surface area contributed by atoms with E-state index in [0.717, 1.165) is 49.9 Å². The van der Waals surface area contributed by atoms with Gasteiger partial charge in [0.1, 0.15) is 34.6 Å². The first-order valence-corrected chi connectivity index (χ1v) is 20.5. The van der Waals surface area contributed by atoms with E-state index in [-0.39, 0.29) is 75.7 Å². The van der Waals surface area contributed by atoms with Crippen molar-refractivity contribution < 1.29 is 33.0 Å². The van der Waals surface area contributed by atoms with Crippen LogP contribution < -0.4 is 20.3 Å². The number of phenols is 1. The minimum absolute atomic E-state index is 0.000831. The van der Waals surface area contributed by atoms with Gasteiger partial charge in [-0.2, -0.15) is 9.97 Å². The second-order valence-corrected chi connectivity index (χ2v) is 16.6. The number of carbonyl (C=O) groups excluding carboxylic acids is 3. The molecular formula is C45H42F2N8O5. The highest BCUT2D eigenvalue weighted by Crippen LogP contribution is 2.40. The number of amides is 3. The van der Waals surface area contributed by atoms with Gasteiger partial charge in [0.2, 0.25) is 11.8 Å². The van der Waals surface area contributed by atoms with Gasteiger partial charge in [-0.3, -0.25) is 29.6 Å². The fourth-order valence-electron chi connectivity index (χ4n) is 9.78. The molecule has 5 aliphatic heterocycles. The summed E-state index contributed by atoms with van der Waals surface area (Å²) in [5.74, 6) is 0.614. The number of piperazine rings is 1. The summed E-state index contributed by atoms with van der Waals surface area (Å²) < 4.78 is 38.3. The number of pyridine rings is 1. The van der Waals surface area contributed by atoms with Crippen LogP contribution in [0.5, 0.6) is 11.8 Å². The van der Waals surface area contributed by atoms with Gasteiger partial charge >= 0.3 is 6.01 Å². The van der Waals surface area contributed by atoms with E-state index in [9.17, 15) is 23.9 Å². The van der Waals surface area contributed by atoms with Crippen molar-refractivity contribution >= 4 is 45.2 Å². The topological polar surface area (TPSA) is 153 Å². The molecule has 3 aromatic carbocycles. The van der Waals surface area contributed by atoms with E-state index in [1.165, 1.54) is 30.5 Å². The Kier molecular flexibility index (Phi) is 9.56. The van der Waals surface area contributed by atoms with Crippen molar-refractivity contribution in [1.29, 1.82) is 0 Å². The summed E-state index contributed by atoms with van der Waals surface area (Å²) in [4.78, 5) is 57.8. The maximum absolute atomic E-state index is 17.0. The lowest BCUT2D eigenvalue weighted by Crippen LogP contribution is -2.52. The number of aromatic hydroxyl groups is 1. The van der Waals surface area contributed by atoms with Crippen LogP contribution in [0.4, 0.5) is 14.6 Å². The van der Waals surface area contributed by atoms with Crippen molar-refractivity contribution in [2.45, 2.75) is 69.7 Å². The van der Waals surface area contributed by atoms with Gasteiger partial charge in [0.25, 0.3) is 5.91 Å². The number of hydrogen-bond acceptors (Lipinski definition) is 11. The third-order valence-electron chi connectivity index (χ3n) is 12.8. The molecule has 0 saturated carbocycles. The molecule has 2 bridgehead atoms. The van der Waals surface area contributed by atoms with Gasteiger partial charge in [-0.25, -0.2) is 8.78 Å². The smallest absolute Gasteiger partial charge is 0.319 e. The number of fused-ring (bicyclic) bond motifs is 5. The SMILES string of the molecule is C#Cc1c(F)ccc2cc(O)cc(-c3ncc4c(N5C[C@H]6CC[C@@H](C5)N6)nc(OCC5CCN(Cc6cccc7c6CN(C6CCC(=O)NC6=O)C7=O)CC5)nc4c3F)c12. The Morgan fingerprint density at radius 2 is 1.77 bits per heavy atom. The molecule has 3 atom stereocenters. The molecule has 60 heavy (non-hydrogen) atoms. The highest BCUT2D eigenvalue weighted by Gasteiger charge is 2.40. The summed E-state index contributed by atoms with van der Waals surface area (Å²) in [5, 5.41) is 17.7. The van der Waals surface area contributed by atoms with Crippen molar-refractivity contribution in [2.24, 2.45) is 5.92 Å². The molecular weight excluding hydrogens is 771 g/mol. The molecule has 3 N–H and O–H groups in total. The molecule has 0 spiro atoms. The Morgan fingerprint density at radius 3 is 2.53 bits per heavy atom. The standard InChI is InChI=1S/C45H42F2N8O5/c1-2-30-35(46)9-6-25-16-29(56)17-32(38(25)30)40-39(47)41-33(18-48-40)42(54-20-27-7-8-28(21-54)49-27)52-45(51-41)60-23-24-12-14-53(15-13-24)19-26-4-3-5-31-34(26)22-55(44(31)59)36-10-11-37(57)50-43(36)58/h1,3-6,9,16-18,24,27-28,36,49,56H,7-8,10-15,19-23H2,(H,50,57,58)/t27-,28+,36?. The molecule has 5 aliphatic rings. The number of benzene rings is 3. The lowest BCUT2D eigenvalue weighted by molar-refractivity contribution is -0.136. The lowest BCUT2D eigenvalue weighted by atomic mass is 9.96. The minimum atomic E-state index is -0.763. The van der Waals surface area contributed by atoms with Crippen LogP contribution in [0, 0.1) is 29.9 Å². The molecule has 15 heteroatoms. The van der Waals surface area contributed by atoms with Gasteiger partial charge in [-0.15, -0.1) is 6.42 Å². The van der Waals surface area contributed by atoms with E-state index in [0.29, 0.717) is 61.4 Å². The highest BCUT2D eigenvalue weighted by atomic mass is 19.1. The molecule has 0 radical (unpaired) electrons. The van der Waals surface area contributed by atoms with Gasteiger partial charge in [-0.05, 0) is 91.9 Å². The zero-order valence-electron chi connectivity index (χ0n) is 32.7. The van der Waals surface area contributed by atoms with Crippen LogP contribution in [0.3, 0.4) is 0 Å². The molecule has 13 nitrogen and oxygen atoms in total. The Bertz CT molecular complexity index is 2650. The number of phenolic OH excluding ortho intramolecular Hbond substituents is 1. The number of terminal acetylenes is 1. The Hall–Kier alpha value is -6.24. The summed E-state index contributed by atoms with van der Waals surface area (Å²) in [5.41, 5.74) is 2.52. The van der Waals surface area contributed by atoms with Crippen LogP contribution in [-0.2, 0) is 22.7 Å². The number of hydrogen-bond donors (Lipinski definition) is 3. The minimum Gasteiger partial charge on any atom is -0.508 e. The summed E-state index contributed by atoms with van der Waals surface area (Å²) >= 11 is 0. The van der Waals surface area contributed by atoms with Crippen LogP contribution >= 0.6 is 0 Å². The van der Waals surface area contributed by atoms with Crippen LogP contribution in [-0.4, -0.2) is 98.5 Å². The number of nitrogens with one attached hydrogen (secondary N) is 2. The van der Waals surface area contributed by atoms with Gasteiger partial charge in [0, 0.05) is 67.4 Å². The largest absolute Gasteiger partial charge is 0.508 e. The van der Waals surface area contributed by atoms with E-state index in [1.54, 1.807) is 11.0 Å². The number of piperidine rings is 2. The first kappa shape index (κ1) is 38.0. The third kappa shape index (κ3) is 6.73. The zero-order chi connectivity index (χ0) is 41.2. The molecule has 4 fully saturated rings. The number of nitrogens with zero attached hydrogens (tertiary/aromatic N) is 6. The highest BCUT2D eigenvalue weighted by molar-refractivity contribution is 6.06. The molecule has 306 valence electrons. The third-order valence-corrected chi connectivity index (χ3v) is 12.8. The zero-order valence-corrected chi connectivity index (χ0v) is 32.7. The van der Waals surface area contributed by atoms with Gasteiger partial charge < -0.3 is 25.0 Å². The molecule has 0 aliphatic carbocycles. The van der Waals surface area contributed by atoms with E-state index >= 15 is 4.39 Å². The van der Waals surface area contributed by atoms with Gasteiger partial charge in [-0.1, -0.05) is 24.1 Å². The van der Waals surface area contributed by atoms with Crippen molar-refractivity contribution in [3.8, 4) is 35.4 Å². The quantitative estimate of drug-likeness (QED) is 0.146. The van der Waals surface area contributed by atoms with Gasteiger partial charge in [0.15, 0.2) is 5.82 Å². The van der Waals surface area contributed by atoms with Crippen LogP contribution in [0.2, 0.25) is 0 Å². The number of rotatable bonds is 8. The summed E-state index contributed by atoms with van der Waals surface area (Å²) in [7, 11) is 0. The van der Waals surface area contributed by atoms with Gasteiger partial charge in [0.05, 0.1) is 17.6 Å². The predicted molar refractivity (Wildman–Crippen MR) is 218 cm³/mol. The molecule has 3 amide bonds. The van der Waals surface area contributed by atoms with Crippen molar-refractivity contribution in [2.75, 3.05) is 37.7 Å². The van der Waals surface area contributed by atoms with E-state index in [4.69, 9.17) is 16.1 Å². The predicted octanol–water partition coefficient (Wildman–Crippen LogP) is 4.80. The molecule has 2 aromatic heterocycles. The number of ether oxygens (including phenoxy) is 1. The van der Waals surface area contributed by atoms with E-state index in [1.807, 2.05) is 12.1 Å². The average molecular weight is 813 g/mol. The number of imide groups is 1. The summed E-state index contributed by atoms with van der Waals surface area (Å²) in [6.45, 7) is 4.24. The van der Waals surface area contributed by atoms with E-state index < -0.39 is 23.6 Å². The molecule has 4 saturated heterocycles. The number of halogens is 2. The molecule has 1 unspecified atom stereocenters. The second kappa shape index (κ2) is 15.1. The van der Waals surface area contributed by atoms with Crippen molar-refractivity contribution in [3.63, 3.8) is 0 Å². The first-order valence-electron chi connectivity index (χ1n) is 20.5. The maximum atomic E-state index is 17.0. The monoisotopic (exact) mass is 812 g/mol. The first-order chi connectivity index (χ1) is 29.1. The number of aromatic nitrogens is 3. The fraction of sp³-hybridized carbons (Fsp3) is 0.378. The molecule has 5 aromatic rings. The molecule has 7 heterocycles.